The summed E-state index contributed by atoms with van der Waals surface area (Å²) >= 11 is 0. The first-order valence-electron chi connectivity index (χ1n) is 11.3. The van der Waals surface area contributed by atoms with E-state index in [0.717, 1.165) is 6.42 Å². The molecule has 3 aliphatic rings. The fourth-order valence-electron chi connectivity index (χ4n) is 4.84. The van der Waals surface area contributed by atoms with E-state index in [9.17, 15) is 0 Å². The fourth-order valence-corrected chi connectivity index (χ4v) is 4.84. The van der Waals surface area contributed by atoms with Crippen molar-refractivity contribution in [2.45, 2.75) is 108 Å². The highest BCUT2D eigenvalue weighted by molar-refractivity contribution is 5.20. The average molecular weight is 363 g/mol. The molecule has 4 unspecified atom stereocenters. The van der Waals surface area contributed by atoms with Crippen molar-refractivity contribution in [3.05, 3.63) is 35.4 Å². The molecule has 4 rings (SSSR count). The second kappa shape index (κ2) is 16.4. The van der Waals surface area contributed by atoms with Gasteiger partial charge in [-0.1, -0.05) is 92.1 Å². The molecule has 1 aromatic carbocycles. The smallest absolute Gasteiger partial charge is 0.0307 e. The molecule has 3 fully saturated rings. The SMILES string of the molecule is C.C1CC2C3CCC(C3)C2C1.CC.CC.CC.CCc1ccc(C)cc1. The zero-order valence-corrected chi connectivity index (χ0v) is 18.6. The highest BCUT2D eigenvalue weighted by atomic mass is 14.5. The maximum Gasteiger partial charge on any atom is -0.0307 e. The third-order valence-electron chi connectivity index (χ3n) is 5.88. The molecule has 0 heterocycles. The van der Waals surface area contributed by atoms with Gasteiger partial charge < -0.3 is 0 Å². The van der Waals surface area contributed by atoms with Gasteiger partial charge in [0.05, 0.1) is 0 Å². The van der Waals surface area contributed by atoms with Crippen molar-refractivity contribution in [1.29, 1.82) is 0 Å². The van der Waals surface area contributed by atoms with Crippen LogP contribution in [0.4, 0.5) is 0 Å². The molecule has 0 aromatic heterocycles. The maximum absolute atomic E-state index is 2.18. The molecule has 0 aliphatic heterocycles. The lowest BCUT2D eigenvalue weighted by Gasteiger charge is -2.23. The van der Waals surface area contributed by atoms with E-state index in [0.29, 0.717) is 0 Å². The molecule has 2 bridgehead atoms. The Bertz CT molecular complexity index is 387. The molecule has 3 aliphatic carbocycles. The molecule has 0 nitrogen and oxygen atoms in total. The van der Waals surface area contributed by atoms with E-state index in [4.69, 9.17) is 0 Å². The summed E-state index contributed by atoms with van der Waals surface area (Å²) in [7, 11) is 0. The van der Waals surface area contributed by atoms with Crippen LogP contribution in [-0.4, -0.2) is 0 Å². The van der Waals surface area contributed by atoms with Gasteiger partial charge in [0.1, 0.15) is 0 Å². The van der Waals surface area contributed by atoms with Crippen LogP contribution in [0.25, 0.3) is 0 Å². The average Bonchev–Trinajstić information content (AvgIpc) is 3.43. The number of aryl methyl sites for hydroxylation is 2. The van der Waals surface area contributed by atoms with Gasteiger partial charge >= 0.3 is 0 Å². The number of hydrogen-bond donors (Lipinski definition) is 0. The van der Waals surface area contributed by atoms with Gasteiger partial charge in [-0.2, -0.15) is 0 Å². The molecule has 0 heteroatoms. The van der Waals surface area contributed by atoms with E-state index in [-0.39, 0.29) is 7.43 Å². The summed E-state index contributed by atoms with van der Waals surface area (Å²) in [6, 6.07) is 8.66. The van der Waals surface area contributed by atoms with Crippen molar-refractivity contribution >= 4 is 0 Å². The minimum Gasteiger partial charge on any atom is -0.0776 e. The van der Waals surface area contributed by atoms with Crippen LogP contribution >= 0.6 is 0 Å². The summed E-state index contributed by atoms with van der Waals surface area (Å²) in [6.07, 6.45) is 10.7. The predicted molar refractivity (Wildman–Crippen MR) is 123 cm³/mol. The molecule has 0 amide bonds. The van der Waals surface area contributed by atoms with E-state index >= 15 is 0 Å². The zero-order valence-electron chi connectivity index (χ0n) is 18.6. The van der Waals surface area contributed by atoms with Crippen molar-refractivity contribution in [2.75, 3.05) is 0 Å². The third-order valence-corrected chi connectivity index (χ3v) is 5.88. The van der Waals surface area contributed by atoms with E-state index in [1.54, 1.807) is 38.5 Å². The molecule has 1 aromatic rings. The van der Waals surface area contributed by atoms with Crippen LogP contribution in [0.2, 0.25) is 0 Å². The van der Waals surface area contributed by atoms with Crippen LogP contribution in [-0.2, 0) is 6.42 Å². The molecular formula is C26H50. The van der Waals surface area contributed by atoms with Crippen LogP contribution in [0.1, 0.15) is 106 Å². The Labute approximate surface area is 167 Å². The largest absolute Gasteiger partial charge is 0.0776 e. The first kappa shape index (κ1) is 27.4. The Hall–Kier alpha value is -0.780. The Morgan fingerprint density at radius 2 is 1.15 bits per heavy atom. The van der Waals surface area contributed by atoms with Gasteiger partial charge in [0, 0.05) is 0 Å². The summed E-state index contributed by atoms with van der Waals surface area (Å²) < 4.78 is 0. The quantitative estimate of drug-likeness (QED) is 0.467. The maximum atomic E-state index is 2.18. The number of rotatable bonds is 1. The normalized spacial score (nSPS) is 26.2. The topological polar surface area (TPSA) is 0 Å². The van der Waals surface area contributed by atoms with E-state index in [1.807, 2.05) is 41.5 Å². The highest BCUT2D eigenvalue weighted by Crippen LogP contribution is 2.58. The van der Waals surface area contributed by atoms with Crippen LogP contribution in [0, 0.1) is 30.6 Å². The molecule has 4 atom stereocenters. The van der Waals surface area contributed by atoms with E-state index < -0.39 is 0 Å². The van der Waals surface area contributed by atoms with Crippen LogP contribution in [0.5, 0.6) is 0 Å². The number of benzene rings is 1. The molecule has 26 heavy (non-hydrogen) atoms. The predicted octanol–water partition coefficient (Wildman–Crippen LogP) is 9.10. The Balaban J connectivity index is 0. The summed E-state index contributed by atoms with van der Waals surface area (Å²) in [4.78, 5) is 0. The molecule has 3 saturated carbocycles. The molecular weight excluding hydrogens is 312 g/mol. The van der Waals surface area contributed by atoms with E-state index in [1.165, 1.54) is 34.8 Å². The standard InChI is InChI=1S/C10H16.C9H12.3C2H6.CH4/c1-2-9-7-4-5-8(6-7)10(9)3-1;1-3-9-6-4-8(2)5-7-9;3*1-2;/h7-10H,1-6H2;4-7H,3H2,1-2H3;3*1-2H3;1H4. The van der Waals surface area contributed by atoms with Gasteiger partial charge in [-0.15, -0.1) is 0 Å². The Morgan fingerprint density at radius 3 is 1.54 bits per heavy atom. The van der Waals surface area contributed by atoms with Crippen molar-refractivity contribution in [2.24, 2.45) is 23.7 Å². The number of fused-ring (bicyclic) bond motifs is 5. The summed E-state index contributed by atoms with van der Waals surface area (Å²) in [6.45, 7) is 16.3. The zero-order chi connectivity index (χ0) is 19.2. The monoisotopic (exact) mass is 362 g/mol. The van der Waals surface area contributed by atoms with Crippen molar-refractivity contribution in [3.8, 4) is 0 Å². The second-order valence-electron chi connectivity index (χ2n) is 6.93. The molecule has 154 valence electrons. The first-order chi connectivity index (χ1) is 12.3. The molecule has 0 saturated heterocycles. The van der Waals surface area contributed by atoms with Gasteiger partial charge in [-0.05, 0) is 74.7 Å². The van der Waals surface area contributed by atoms with Crippen LogP contribution in [0.3, 0.4) is 0 Å². The molecule has 0 spiro atoms. The minimum absolute atomic E-state index is 0. The summed E-state index contributed by atoms with van der Waals surface area (Å²) in [5.41, 5.74) is 2.76. The summed E-state index contributed by atoms with van der Waals surface area (Å²) in [5, 5.41) is 0. The van der Waals surface area contributed by atoms with Gasteiger partial charge in [-0.25, -0.2) is 0 Å². The Morgan fingerprint density at radius 1 is 0.731 bits per heavy atom. The van der Waals surface area contributed by atoms with Crippen molar-refractivity contribution in [3.63, 3.8) is 0 Å². The van der Waals surface area contributed by atoms with Crippen molar-refractivity contribution < 1.29 is 0 Å². The summed E-state index contributed by atoms with van der Waals surface area (Å²) in [5.74, 6) is 4.80. The third kappa shape index (κ3) is 7.85. The van der Waals surface area contributed by atoms with Crippen molar-refractivity contribution in [1.82, 2.24) is 0 Å². The van der Waals surface area contributed by atoms with Crippen LogP contribution < -0.4 is 0 Å². The number of hydrogen-bond acceptors (Lipinski definition) is 0. The highest BCUT2D eigenvalue weighted by Gasteiger charge is 2.48. The van der Waals surface area contributed by atoms with E-state index in [2.05, 4.69) is 38.1 Å². The first-order valence-corrected chi connectivity index (χ1v) is 11.3. The van der Waals surface area contributed by atoms with Gasteiger partial charge in [0.2, 0.25) is 0 Å². The lowest BCUT2D eigenvalue weighted by atomic mass is 9.82. The Kier molecular flexibility index (Phi) is 17.3. The van der Waals surface area contributed by atoms with Crippen LogP contribution in [0.15, 0.2) is 24.3 Å². The van der Waals surface area contributed by atoms with Gasteiger partial charge in [0.25, 0.3) is 0 Å². The van der Waals surface area contributed by atoms with Gasteiger partial charge in [0.15, 0.2) is 0 Å². The lowest BCUT2D eigenvalue weighted by Crippen LogP contribution is -2.15. The second-order valence-corrected chi connectivity index (χ2v) is 6.93. The minimum atomic E-state index is 0. The molecule has 0 N–H and O–H groups in total. The fraction of sp³-hybridized carbons (Fsp3) is 0.769. The molecule has 0 radical (unpaired) electrons. The lowest BCUT2D eigenvalue weighted by molar-refractivity contribution is 0.259. The van der Waals surface area contributed by atoms with Gasteiger partial charge in [-0.3, -0.25) is 0 Å².